The van der Waals surface area contributed by atoms with E-state index < -0.39 is 0 Å². The van der Waals surface area contributed by atoms with Gasteiger partial charge in [-0.3, -0.25) is 0 Å². The Kier molecular flexibility index (Phi) is 7.98. The molecule has 0 unspecified atom stereocenters. The standard InChI is InChI=1S/C26H24Cl2N4O3/c1-29-21-8-4-19(5-9-21)26(30-34)31-12-13-32(25(17-31)18-2-6-20(27)7-3-18)24-11-10-22(16-23(24)28)35-15-14-33/h2-11,16,25,33-34H,12-15,17H2/b30-26-/t25-/m0/s1. The third kappa shape index (κ3) is 5.63. The van der Waals surface area contributed by atoms with Gasteiger partial charge in [0, 0.05) is 36.3 Å². The highest BCUT2D eigenvalue weighted by molar-refractivity contribution is 6.33. The van der Waals surface area contributed by atoms with Crippen LogP contribution in [-0.2, 0) is 0 Å². The van der Waals surface area contributed by atoms with Crippen LogP contribution in [-0.4, -0.2) is 53.9 Å². The Hall–Kier alpha value is -3.44. The molecule has 0 bridgehead atoms. The maximum absolute atomic E-state index is 9.88. The minimum absolute atomic E-state index is 0.0741. The molecule has 3 aromatic rings. The van der Waals surface area contributed by atoms with Crippen molar-refractivity contribution in [3.8, 4) is 5.75 Å². The van der Waals surface area contributed by atoms with Crippen LogP contribution in [0.5, 0.6) is 5.75 Å². The van der Waals surface area contributed by atoms with Gasteiger partial charge in [0.15, 0.2) is 11.5 Å². The van der Waals surface area contributed by atoms with E-state index in [0.29, 0.717) is 47.0 Å². The summed E-state index contributed by atoms with van der Waals surface area (Å²) in [4.78, 5) is 7.67. The minimum Gasteiger partial charge on any atom is -0.491 e. The van der Waals surface area contributed by atoms with Crippen LogP contribution < -0.4 is 9.64 Å². The number of hydrogen-bond acceptors (Lipinski definition) is 5. The average molecular weight is 511 g/mol. The van der Waals surface area contributed by atoms with Gasteiger partial charge in [0.05, 0.1) is 29.9 Å². The van der Waals surface area contributed by atoms with Crippen LogP contribution in [0.2, 0.25) is 10.0 Å². The Labute approximate surface area is 214 Å². The zero-order chi connectivity index (χ0) is 24.8. The Balaban J connectivity index is 1.65. The first kappa shape index (κ1) is 24.7. The summed E-state index contributed by atoms with van der Waals surface area (Å²) in [6.07, 6.45) is 0. The number of piperazine rings is 1. The van der Waals surface area contributed by atoms with E-state index in [2.05, 4.69) is 14.9 Å². The fourth-order valence-electron chi connectivity index (χ4n) is 4.20. The van der Waals surface area contributed by atoms with Crippen LogP contribution in [0.15, 0.2) is 71.9 Å². The van der Waals surface area contributed by atoms with Crippen LogP contribution >= 0.6 is 23.2 Å². The van der Waals surface area contributed by atoms with E-state index in [-0.39, 0.29) is 19.3 Å². The molecular formula is C26H24Cl2N4O3. The third-order valence-corrected chi connectivity index (χ3v) is 6.43. The highest BCUT2D eigenvalue weighted by Gasteiger charge is 2.32. The highest BCUT2D eigenvalue weighted by atomic mass is 35.5. The topological polar surface area (TPSA) is 72.9 Å². The molecule has 1 aliphatic heterocycles. The molecule has 2 N–H and O–H groups in total. The normalized spacial score (nSPS) is 16.2. The lowest BCUT2D eigenvalue weighted by molar-refractivity contribution is 0.201. The van der Waals surface area contributed by atoms with E-state index in [9.17, 15) is 5.21 Å². The molecule has 4 rings (SSSR count). The Bertz CT molecular complexity index is 1230. The molecule has 0 saturated carbocycles. The van der Waals surface area contributed by atoms with E-state index in [1.807, 2.05) is 41.3 Å². The monoisotopic (exact) mass is 510 g/mol. The van der Waals surface area contributed by atoms with Crippen LogP contribution in [0, 0.1) is 6.57 Å². The quantitative estimate of drug-likeness (QED) is 0.148. The zero-order valence-electron chi connectivity index (χ0n) is 18.8. The number of nitrogens with zero attached hydrogens (tertiary/aromatic N) is 4. The molecule has 1 atom stereocenters. The molecular weight excluding hydrogens is 487 g/mol. The van der Waals surface area contributed by atoms with Crippen molar-refractivity contribution in [1.82, 2.24) is 4.90 Å². The van der Waals surface area contributed by atoms with Gasteiger partial charge in [0.25, 0.3) is 0 Å². The number of aliphatic hydroxyl groups is 1. The van der Waals surface area contributed by atoms with Gasteiger partial charge < -0.3 is 24.9 Å². The van der Waals surface area contributed by atoms with E-state index >= 15 is 0 Å². The number of hydrogen-bond donors (Lipinski definition) is 2. The summed E-state index contributed by atoms with van der Waals surface area (Å²) in [6.45, 7) is 9.02. The number of ether oxygens (including phenoxy) is 1. The van der Waals surface area contributed by atoms with E-state index in [4.69, 9.17) is 39.6 Å². The molecule has 180 valence electrons. The van der Waals surface area contributed by atoms with Crippen molar-refractivity contribution < 1.29 is 15.1 Å². The van der Waals surface area contributed by atoms with Crippen molar-refractivity contribution in [2.75, 3.05) is 37.7 Å². The molecule has 9 heteroatoms. The molecule has 0 aromatic heterocycles. The largest absolute Gasteiger partial charge is 0.491 e. The first-order chi connectivity index (χ1) is 17.0. The number of rotatable bonds is 6. The molecule has 7 nitrogen and oxygen atoms in total. The molecule has 35 heavy (non-hydrogen) atoms. The van der Waals surface area contributed by atoms with Crippen molar-refractivity contribution >= 4 is 40.4 Å². The van der Waals surface area contributed by atoms with Crippen molar-refractivity contribution in [3.63, 3.8) is 0 Å². The van der Waals surface area contributed by atoms with Gasteiger partial charge in [-0.1, -0.05) is 64.8 Å². The predicted molar refractivity (Wildman–Crippen MR) is 138 cm³/mol. The third-order valence-electron chi connectivity index (χ3n) is 5.87. The highest BCUT2D eigenvalue weighted by Crippen LogP contribution is 2.37. The lowest BCUT2D eigenvalue weighted by Crippen LogP contribution is -2.51. The van der Waals surface area contributed by atoms with Crippen LogP contribution in [0.25, 0.3) is 4.85 Å². The number of anilines is 1. The van der Waals surface area contributed by atoms with Gasteiger partial charge in [-0.05, 0) is 29.8 Å². The van der Waals surface area contributed by atoms with E-state index in [0.717, 1.165) is 16.8 Å². The molecule has 0 amide bonds. The molecule has 0 radical (unpaired) electrons. The lowest BCUT2D eigenvalue weighted by atomic mass is 10.00. The van der Waals surface area contributed by atoms with Crippen LogP contribution in [0.3, 0.4) is 0 Å². The van der Waals surface area contributed by atoms with Gasteiger partial charge in [-0.2, -0.15) is 0 Å². The second-order valence-corrected chi connectivity index (χ2v) is 8.82. The summed E-state index contributed by atoms with van der Waals surface area (Å²) in [5.41, 5.74) is 3.14. The fourth-order valence-corrected chi connectivity index (χ4v) is 4.60. The molecule has 3 aromatic carbocycles. The summed E-state index contributed by atoms with van der Waals surface area (Å²) < 4.78 is 5.49. The zero-order valence-corrected chi connectivity index (χ0v) is 20.3. The Morgan fingerprint density at radius 1 is 1.06 bits per heavy atom. The average Bonchev–Trinajstić information content (AvgIpc) is 2.89. The second kappa shape index (κ2) is 11.3. The van der Waals surface area contributed by atoms with Gasteiger partial charge in [0.2, 0.25) is 0 Å². The first-order valence-electron chi connectivity index (χ1n) is 11.0. The van der Waals surface area contributed by atoms with Crippen molar-refractivity contribution in [2.24, 2.45) is 5.16 Å². The molecule has 1 saturated heterocycles. The molecule has 1 aliphatic rings. The summed E-state index contributed by atoms with van der Waals surface area (Å²) in [5.74, 6) is 1.03. The minimum atomic E-state index is -0.109. The van der Waals surface area contributed by atoms with E-state index in [1.54, 1.807) is 30.3 Å². The smallest absolute Gasteiger partial charge is 0.187 e. The predicted octanol–water partition coefficient (Wildman–Crippen LogP) is 5.61. The summed E-state index contributed by atoms with van der Waals surface area (Å²) in [5, 5.41) is 23.7. The van der Waals surface area contributed by atoms with Gasteiger partial charge in [-0.25, -0.2) is 4.85 Å². The van der Waals surface area contributed by atoms with Gasteiger partial charge in [0.1, 0.15) is 12.4 Å². The van der Waals surface area contributed by atoms with Crippen molar-refractivity contribution in [2.45, 2.75) is 6.04 Å². The first-order valence-corrected chi connectivity index (χ1v) is 11.8. The molecule has 0 spiro atoms. The molecule has 0 aliphatic carbocycles. The summed E-state index contributed by atoms with van der Waals surface area (Å²) in [6, 6.07) is 20.0. The number of halogens is 2. The maximum atomic E-state index is 9.88. The number of aliphatic hydroxyl groups excluding tert-OH is 1. The Morgan fingerprint density at radius 2 is 1.80 bits per heavy atom. The molecule has 1 heterocycles. The van der Waals surface area contributed by atoms with Gasteiger partial charge in [-0.15, -0.1) is 0 Å². The van der Waals surface area contributed by atoms with Crippen LogP contribution in [0.4, 0.5) is 11.4 Å². The Morgan fingerprint density at radius 3 is 2.43 bits per heavy atom. The summed E-state index contributed by atoms with van der Waals surface area (Å²) in [7, 11) is 0. The second-order valence-electron chi connectivity index (χ2n) is 7.97. The van der Waals surface area contributed by atoms with E-state index in [1.165, 1.54) is 0 Å². The summed E-state index contributed by atoms with van der Waals surface area (Å²) >= 11 is 12.8. The van der Waals surface area contributed by atoms with Gasteiger partial charge >= 0.3 is 0 Å². The molecule has 1 fully saturated rings. The number of benzene rings is 3. The number of oxime groups is 1. The van der Waals surface area contributed by atoms with Crippen LogP contribution in [0.1, 0.15) is 17.2 Å². The van der Waals surface area contributed by atoms with Crippen molar-refractivity contribution in [3.05, 3.63) is 99.3 Å². The SMILES string of the molecule is [C-]#[N+]c1ccc(/C(=N/O)N2CCN(c3ccc(OCCO)cc3Cl)[C@H](c3ccc(Cl)cc3)C2)cc1. The fraction of sp³-hybridized carbons (Fsp3) is 0.231. The van der Waals surface area contributed by atoms with Crippen molar-refractivity contribution in [1.29, 1.82) is 0 Å². The lowest BCUT2D eigenvalue weighted by Gasteiger charge is -2.44. The maximum Gasteiger partial charge on any atom is 0.187 e. The number of amidine groups is 1.